The molecule has 1 aromatic rings. The molecular weight excluding hydrogens is 208 g/mol. The summed E-state index contributed by atoms with van der Waals surface area (Å²) in [6.45, 7) is 3.55. The third kappa shape index (κ3) is 3.24. The van der Waals surface area contributed by atoms with Crippen LogP contribution in [0.2, 0.25) is 0 Å². The minimum absolute atomic E-state index is 0.106. The normalized spacial score (nSPS) is 14.2. The first kappa shape index (κ1) is 12.5. The van der Waals surface area contributed by atoms with Gasteiger partial charge in [0.15, 0.2) is 0 Å². The van der Waals surface area contributed by atoms with Crippen LogP contribution >= 0.6 is 0 Å². The van der Waals surface area contributed by atoms with E-state index in [0.717, 1.165) is 0 Å². The van der Waals surface area contributed by atoms with E-state index in [4.69, 9.17) is 9.84 Å². The molecule has 0 unspecified atom stereocenters. The molecule has 0 amide bonds. The van der Waals surface area contributed by atoms with Crippen LogP contribution in [0.1, 0.15) is 25.8 Å². The number of carbonyl (C=O) groups excluding carboxylic acids is 1. The Balaban J connectivity index is 2.76. The van der Waals surface area contributed by atoms with Gasteiger partial charge in [0.2, 0.25) is 0 Å². The molecular formula is C12H16O4. The number of carbonyl (C=O) groups is 1. The number of phenolic OH excluding ortho intramolecular Hbond substituents is 1. The predicted octanol–water partition coefficient (Wildman–Crippen LogP) is 1.55. The van der Waals surface area contributed by atoms with Crippen molar-refractivity contribution in [3.05, 3.63) is 29.8 Å². The second kappa shape index (κ2) is 4.99. The fraction of sp³-hybridized carbons (Fsp3) is 0.417. The van der Waals surface area contributed by atoms with Crippen LogP contribution in [0.5, 0.6) is 5.75 Å². The Kier molecular flexibility index (Phi) is 3.90. The van der Waals surface area contributed by atoms with Gasteiger partial charge in [-0.15, -0.1) is 0 Å². The lowest BCUT2D eigenvalue weighted by Gasteiger charge is -2.22. The SMILES string of the molecule is CCOC(=O)C[C@@](C)(O)c1ccc(O)cc1. The molecule has 4 heteroatoms. The zero-order valence-electron chi connectivity index (χ0n) is 9.43. The van der Waals surface area contributed by atoms with E-state index < -0.39 is 11.6 Å². The number of benzene rings is 1. The molecule has 0 bridgehead atoms. The molecule has 1 atom stereocenters. The van der Waals surface area contributed by atoms with Crippen LogP contribution in [0, 0.1) is 0 Å². The molecule has 0 aliphatic carbocycles. The van der Waals surface area contributed by atoms with Gasteiger partial charge in [-0.05, 0) is 31.5 Å². The van der Waals surface area contributed by atoms with Gasteiger partial charge < -0.3 is 14.9 Å². The lowest BCUT2D eigenvalue weighted by Crippen LogP contribution is -2.26. The van der Waals surface area contributed by atoms with Crippen molar-refractivity contribution in [1.29, 1.82) is 0 Å². The van der Waals surface area contributed by atoms with Crippen LogP contribution in [0.15, 0.2) is 24.3 Å². The Morgan fingerprint density at radius 1 is 1.38 bits per heavy atom. The molecule has 0 heterocycles. The lowest BCUT2D eigenvalue weighted by molar-refractivity contribution is -0.148. The van der Waals surface area contributed by atoms with Crippen LogP contribution < -0.4 is 0 Å². The van der Waals surface area contributed by atoms with E-state index in [2.05, 4.69) is 0 Å². The van der Waals surface area contributed by atoms with Gasteiger partial charge in [-0.3, -0.25) is 4.79 Å². The van der Waals surface area contributed by atoms with Gasteiger partial charge in [0.25, 0.3) is 0 Å². The summed E-state index contributed by atoms with van der Waals surface area (Å²) in [6, 6.07) is 6.09. The molecule has 0 spiro atoms. The molecule has 0 radical (unpaired) electrons. The Labute approximate surface area is 94.5 Å². The fourth-order valence-electron chi connectivity index (χ4n) is 1.42. The number of aromatic hydroxyl groups is 1. The van der Waals surface area contributed by atoms with Gasteiger partial charge >= 0.3 is 5.97 Å². The minimum Gasteiger partial charge on any atom is -0.508 e. The molecule has 1 rings (SSSR count). The quantitative estimate of drug-likeness (QED) is 0.761. The maximum atomic E-state index is 11.3. The number of hydrogen-bond donors (Lipinski definition) is 2. The van der Waals surface area contributed by atoms with Crippen LogP contribution in [-0.2, 0) is 15.1 Å². The first-order valence-electron chi connectivity index (χ1n) is 5.13. The summed E-state index contributed by atoms with van der Waals surface area (Å²) < 4.78 is 4.77. The standard InChI is InChI=1S/C12H16O4/c1-3-16-11(14)8-12(2,15)9-4-6-10(13)7-5-9/h4-7,13,15H,3,8H2,1-2H3/t12-/m1/s1. The number of aliphatic hydroxyl groups is 1. The van der Waals surface area contributed by atoms with Crippen molar-refractivity contribution in [3.8, 4) is 5.75 Å². The monoisotopic (exact) mass is 224 g/mol. The number of esters is 1. The van der Waals surface area contributed by atoms with Gasteiger partial charge in [-0.25, -0.2) is 0 Å². The van der Waals surface area contributed by atoms with Crippen LogP contribution in [0.4, 0.5) is 0 Å². The van der Waals surface area contributed by atoms with E-state index in [1.807, 2.05) is 0 Å². The van der Waals surface area contributed by atoms with Gasteiger partial charge in [0.05, 0.1) is 18.6 Å². The summed E-state index contributed by atoms with van der Waals surface area (Å²) >= 11 is 0. The van der Waals surface area contributed by atoms with Crippen molar-refractivity contribution in [2.24, 2.45) is 0 Å². The Morgan fingerprint density at radius 2 is 1.94 bits per heavy atom. The van der Waals surface area contributed by atoms with E-state index in [9.17, 15) is 9.90 Å². The predicted molar refractivity (Wildman–Crippen MR) is 58.9 cm³/mol. The van der Waals surface area contributed by atoms with Crippen molar-refractivity contribution < 1.29 is 19.7 Å². The van der Waals surface area contributed by atoms with Crippen LogP contribution in [-0.4, -0.2) is 22.8 Å². The van der Waals surface area contributed by atoms with E-state index in [-0.39, 0.29) is 12.2 Å². The largest absolute Gasteiger partial charge is 0.508 e. The molecule has 0 aromatic heterocycles. The van der Waals surface area contributed by atoms with E-state index in [1.165, 1.54) is 19.1 Å². The molecule has 0 aliphatic heterocycles. The van der Waals surface area contributed by atoms with Gasteiger partial charge in [0, 0.05) is 0 Å². The van der Waals surface area contributed by atoms with Crippen LogP contribution in [0.3, 0.4) is 0 Å². The highest BCUT2D eigenvalue weighted by Crippen LogP contribution is 2.26. The number of rotatable bonds is 4. The second-order valence-corrected chi connectivity index (χ2v) is 3.80. The van der Waals surface area contributed by atoms with Crippen molar-refractivity contribution >= 4 is 5.97 Å². The lowest BCUT2D eigenvalue weighted by atomic mass is 9.92. The smallest absolute Gasteiger partial charge is 0.309 e. The zero-order valence-corrected chi connectivity index (χ0v) is 9.43. The third-order valence-electron chi connectivity index (χ3n) is 2.28. The molecule has 2 N–H and O–H groups in total. The van der Waals surface area contributed by atoms with E-state index in [1.54, 1.807) is 19.1 Å². The molecule has 4 nitrogen and oxygen atoms in total. The zero-order chi connectivity index (χ0) is 12.2. The van der Waals surface area contributed by atoms with Crippen molar-refractivity contribution in [2.45, 2.75) is 25.9 Å². The topological polar surface area (TPSA) is 66.8 Å². The number of ether oxygens (including phenoxy) is 1. The molecule has 0 aliphatic rings. The fourth-order valence-corrected chi connectivity index (χ4v) is 1.42. The summed E-state index contributed by atoms with van der Waals surface area (Å²) in [5.41, 5.74) is -0.710. The van der Waals surface area contributed by atoms with Gasteiger partial charge in [-0.1, -0.05) is 12.1 Å². The summed E-state index contributed by atoms with van der Waals surface area (Å²) in [4.78, 5) is 11.3. The van der Waals surface area contributed by atoms with Gasteiger partial charge in [-0.2, -0.15) is 0 Å². The first-order valence-corrected chi connectivity index (χ1v) is 5.13. The molecule has 0 saturated carbocycles. The molecule has 0 fully saturated rings. The first-order chi connectivity index (χ1) is 7.45. The summed E-state index contributed by atoms with van der Waals surface area (Å²) in [5.74, 6) is -0.323. The highest BCUT2D eigenvalue weighted by Gasteiger charge is 2.27. The van der Waals surface area contributed by atoms with Gasteiger partial charge in [0.1, 0.15) is 5.75 Å². The number of phenols is 1. The Bertz CT molecular complexity index is 354. The molecule has 1 aromatic carbocycles. The van der Waals surface area contributed by atoms with Crippen molar-refractivity contribution in [2.75, 3.05) is 6.61 Å². The minimum atomic E-state index is -1.28. The van der Waals surface area contributed by atoms with E-state index in [0.29, 0.717) is 12.2 Å². The second-order valence-electron chi connectivity index (χ2n) is 3.80. The molecule has 0 saturated heterocycles. The average molecular weight is 224 g/mol. The Hall–Kier alpha value is -1.55. The average Bonchev–Trinajstić information content (AvgIpc) is 2.17. The number of hydrogen-bond acceptors (Lipinski definition) is 4. The Morgan fingerprint density at radius 3 is 2.44 bits per heavy atom. The van der Waals surface area contributed by atoms with Crippen LogP contribution in [0.25, 0.3) is 0 Å². The maximum absolute atomic E-state index is 11.3. The van der Waals surface area contributed by atoms with Crippen molar-refractivity contribution in [3.63, 3.8) is 0 Å². The summed E-state index contributed by atoms with van der Waals surface area (Å²) in [6.07, 6.45) is -0.106. The highest BCUT2D eigenvalue weighted by molar-refractivity contribution is 5.71. The maximum Gasteiger partial charge on any atom is 0.309 e. The summed E-state index contributed by atoms with van der Waals surface area (Å²) in [7, 11) is 0. The molecule has 16 heavy (non-hydrogen) atoms. The molecule has 88 valence electrons. The van der Waals surface area contributed by atoms with Crippen molar-refractivity contribution in [1.82, 2.24) is 0 Å². The third-order valence-corrected chi connectivity index (χ3v) is 2.28. The van der Waals surface area contributed by atoms with E-state index >= 15 is 0 Å². The summed E-state index contributed by atoms with van der Waals surface area (Å²) in [5, 5.41) is 19.2. The highest BCUT2D eigenvalue weighted by atomic mass is 16.5.